The minimum absolute atomic E-state index is 0.471. The van der Waals surface area contributed by atoms with Gasteiger partial charge in [0.15, 0.2) is 0 Å². The average molecular weight is 683 g/mol. The van der Waals surface area contributed by atoms with E-state index in [1.54, 1.807) is 0 Å². The van der Waals surface area contributed by atoms with Crippen molar-refractivity contribution in [2.24, 2.45) is 0 Å². The van der Waals surface area contributed by atoms with Crippen molar-refractivity contribution < 1.29 is 0 Å². The molecule has 260 valence electrons. The number of imidazole rings is 2. The van der Waals surface area contributed by atoms with Crippen molar-refractivity contribution >= 4 is 21.5 Å². The van der Waals surface area contributed by atoms with Crippen LogP contribution >= 0.6 is 0 Å². The second-order valence-electron chi connectivity index (χ2n) is 16.7. The van der Waals surface area contributed by atoms with E-state index >= 15 is 0 Å². The Bertz CT molecular complexity index is 2440. The van der Waals surface area contributed by atoms with Gasteiger partial charge in [-0.3, -0.25) is 0 Å². The van der Waals surface area contributed by atoms with E-state index in [4.69, 9.17) is 9.97 Å². The fraction of sp³-hybridized carbons (Fsp3) is 0.261. The molecule has 0 aliphatic carbocycles. The number of H-pyrrole nitrogens is 2. The highest BCUT2D eigenvalue weighted by Crippen LogP contribution is 2.47. The third-order valence-electron chi connectivity index (χ3n) is 11.8. The lowest BCUT2D eigenvalue weighted by molar-refractivity contribution is 0.534. The van der Waals surface area contributed by atoms with E-state index in [1.807, 2.05) is 0 Å². The molecule has 0 fully saturated rings. The smallest absolute Gasteiger partial charge is 0.125 e. The second-order valence-corrected chi connectivity index (χ2v) is 16.7. The minimum atomic E-state index is -0.505. The Morgan fingerprint density at radius 1 is 0.385 bits per heavy atom. The first-order chi connectivity index (χ1) is 24.8. The minimum Gasteiger partial charge on any atom is -0.360 e. The molecule has 1 aliphatic rings. The number of nitrogens with zero attached hydrogens (tertiary/aromatic N) is 4. The largest absolute Gasteiger partial charge is 0.360 e. The maximum absolute atomic E-state index is 5.65. The molecular weight excluding hydrogens is 637 g/mol. The summed E-state index contributed by atoms with van der Waals surface area (Å²) >= 11 is 0. The molecule has 8 aromatic rings. The van der Waals surface area contributed by atoms with Crippen LogP contribution in [0.25, 0.3) is 32.9 Å². The van der Waals surface area contributed by atoms with Gasteiger partial charge in [0.25, 0.3) is 0 Å². The highest BCUT2D eigenvalue weighted by molar-refractivity contribution is 5.92. The van der Waals surface area contributed by atoms with Crippen LogP contribution in [0, 0.1) is 0 Å². The van der Waals surface area contributed by atoms with Crippen LogP contribution in [-0.4, -0.2) is 29.1 Å². The molecule has 0 radical (unpaired) electrons. The van der Waals surface area contributed by atoms with E-state index < -0.39 is 21.7 Å². The molecule has 6 nitrogen and oxygen atoms in total. The Hall–Kier alpha value is -5.62. The van der Waals surface area contributed by atoms with Crippen LogP contribution in [0.1, 0.15) is 101 Å². The monoisotopic (exact) mass is 682 g/mol. The predicted molar refractivity (Wildman–Crippen MR) is 212 cm³/mol. The van der Waals surface area contributed by atoms with Crippen molar-refractivity contribution in [1.29, 1.82) is 0 Å². The molecule has 4 aromatic heterocycles. The third kappa shape index (κ3) is 4.49. The van der Waals surface area contributed by atoms with Crippen LogP contribution < -0.4 is 0 Å². The van der Waals surface area contributed by atoms with Crippen molar-refractivity contribution in [1.82, 2.24) is 29.1 Å². The van der Waals surface area contributed by atoms with E-state index in [2.05, 4.69) is 196 Å². The average Bonchev–Trinajstić information content (AvgIpc) is 3.95. The summed E-state index contributed by atoms with van der Waals surface area (Å²) in [4.78, 5) is 19.4. The number of aromatic nitrogens is 6. The summed E-state index contributed by atoms with van der Waals surface area (Å²) in [5.74, 6) is 1.97. The summed E-state index contributed by atoms with van der Waals surface area (Å²) in [5.41, 5.74) is 6.81. The van der Waals surface area contributed by atoms with E-state index in [0.717, 1.165) is 57.2 Å². The summed E-state index contributed by atoms with van der Waals surface area (Å²) < 4.78 is 4.61. The third-order valence-corrected chi connectivity index (χ3v) is 11.8. The lowest BCUT2D eigenvalue weighted by atomic mass is 9.83. The van der Waals surface area contributed by atoms with Gasteiger partial charge < -0.3 is 19.1 Å². The van der Waals surface area contributed by atoms with Crippen molar-refractivity contribution in [3.8, 4) is 11.4 Å². The summed E-state index contributed by atoms with van der Waals surface area (Å²) in [6, 6.07) is 38.8. The van der Waals surface area contributed by atoms with Crippen LogP contribution in [0.3, 0.4) is 0 Å². The zero-order valence-corrected chi connectivity index (χ0v) is 31.3. The molecule has 1 aliphatic heterocycles. The Labute approximate surface area is 305 Å². The zero-order valence-electron chi connectivity index (χ0n) is 31.3. The molecule has 2 N–H and O–H groups in total. The van der Waals surface area contributed by atoms with Gasteiger partial charge in [0.05, 0.1) is 22.2 Å². The lowest BCUT2D eigenvalue weighted by Crippen LogP contribution is -2.28. The van der Waals surface area contributed by atoms with Crippen molar-refractivity contribution in [2.45, 2.75) is 77.0 Å². The van der Waals surface area contributed by atoms with Gasteiger partial charge in [0.1, 0.15) is 11.6 Å². The van der Waals surface area contributed by atoms with Crippen molar-refractivity contribution in [3.05, 3.63) is 167 Å². The van der Waals surface area contributed by atoms with Crippen LogP contribution in [0.4, 0.5) is 0 Å². The van der Waals surface area contributed by atoms with Gasteiger partial charge in [-0.15, -0.1) is 0 Å². The summed E-state index contributed by atoms with van der Waals surface area (Å²) in [6.07, 6.45) is 4.52. The Morgan fingerprint density at radius 3 is 1.00 bits per heavy atom. The molecule has 6 heteroatoms. The standard InChI is InChI=1S/C46H46N6/c1-43(2)35-27-51(29-19-11-9-12-20-29)41(47-35)46(7,8)40-34-26-18-16-24-32(34)38(50-40)44(3,4)36-28-52(30-21-13-10-14-22-30)42(48-36)45(5,6)39-33-25-17-15-23-31(33)37(43)49-39/h9-28,49-50H,1-8H3. The molecule has 8 bridgehead atoms. The van der Waals surface area contributed by atoms with Crippen LogP contribution in [-0.2, 0) is 21.7 Å². The molecule has 0 saturated carbocycles. The van der Waals surface area contributed by atoms with Crippen LogP contribution in [0.5, 0.6) is 0 Å². The molecular formula is C46H46N6. The van der Waals surface area contributed by atoms with Gasteiger partial charge in [0.2, 0.25) is 0 Å². The summed E-state index contributed by atoms with van der Waals surface area (Å²) in [6.45, 7) is 18.4. The molecule has 4 aromatic carbocycles. The number of nitrogens with one attached hydrogen (secondary N) is 2. The maximum atomic E-state index is 5.65. The summed E-state index contributed by atoms with van der Waals surface area (Å²) in [5, 5.41) is 4.80. The number of fused-ring (bicyclic) bond motifs is 14. The highest BCUT2D eigenvalue weighted by Gasteiger charge is 2.42. The fourth-order valence-corrected chi connectivity index (χ4v) is 8.62. The van der Waals surface area contributed by atoms with Crippen molar-refractivity contribution in [2.75, 3.05) is 0 Å². The SMILES string of the molecule is CC1(C)c2cn(-c3ccccc3)c(n2)C(C)(C)c2[nH]c(c3ccccc23)C(C)(C)c2cn(-c3ccccc3)c(n2)C(C)(C)c2[nH]c1c1ccccc21. The van der Waals surface area contributed by atoms with Gasteiger partial charge >= 0.3 is 0 Å². The molecule has 0 atom stereocenters. The molecule has 0 saturated heterocycles. The number of benzene rings is 4. The zero-order chi connectivity index (χ0) is 36.2. The number of aromatic amines is 2. The molecule has 5 heterocycles. The first kappa shape index (κ1) is 32.3. The predicted octanol–water partition coefficient (Wildman–Crippen LogP) is 10.6. The molecule has 9 rings (SSSR count). The Kier molecular flexibility index (Phi) is 6.80. The number of hydrogen-bond acceptors (Lipinski definition) is 2. The van der Waals surface area contributed by atoms with Gasteiger partial charge in [-0.25, -0.2) is 9.97 Å². The van der Waals surface area contributed by atoms with E-state index in [-0.39, 0.29) is 0 Å². The molecule has 0 amide bonds. The van der Waals surface area contributed by atoms with Crippen molar-refractivity contribution in [3.63, 3.8) is 0 Å². The fourth-order valence-electron chi connectivity index (χ4n) is 8.62. The summed E-state index contributed by atoms with van der Waals surface area (Å²) in [7, 11) is 0. The van der Waals surface area contributed by atoms with Gasteiger partial charge in [-0.2, -0.15) is 0 Å². The van der Waals surface area contributed by atoms with Gasteiger partial charge in [-0.05, 0) is 79.7 Å². The van der Waals surface area contributed by atoms with Gasteiger partial charge in [-0.1, -0.05) is 84.9 Å². The van der Waals surface area contributed by atoms with E-state index in [9.17, 15) is 0 Å². The van der Waals surface area contributed by atoms with E-state index in [1.165, 1.54) is 21.5 Å². The molecule has 52 heavy (non-hydrogen) atoms. The Morgan fingerprint density at radius 2 is 0.673 bits per heavy atom. The number of rotatable bonds is 2. The first-order valence-electron chi connectivity index (χ1n) is 18.4. The highest BCUT2D eigenvalue weighted by atomic mass is 15.1. The van der Waals surface area contributed by atoms with Crippen LogP contribution in [0.2, 0.25) is 0 Å². The van der Waals surface area contributed by atoms with E-state index in [0.29, 0.717) is 0 Å². The number of para-hydroxylation sites is 2. The normalized spacial score (nSPS) is 17.1. The first-order valence-corrected chi connectivity index (χ1v) is 18.4. The Balaban J connectivity index is 1.43. The molecule has 0 unspecified atom stereocenters. The lowest BCUT2D eigenvalue weighted by Gasteiger charge is -2.27. The topological polar surface area (TPSA) is 67.2 Å². The van der Waals surface area contributed by atoms with Gasteiger partial charge in [0, 0.05) is 78.9 Å². The second kappa shape index (κ2) is 10.9. The molecule has 0 spiro atoms. The number of hydrogen-bond donors (Lipinski definition) is 2. The maximum Gasteiger partial charge on any atom is 0.125 e. The van der Waals surface area contributed by atoms with Crippen LogP contribution in [0.15, 0.2) is 122 Å². The quantitative estimate of drug-likeness (QED) is 0.191.